The normalized spacial score (nSPS) is 32.2. The number of carboxylic acids is 2. The van der Waals surface area contributed by atoms with Gasteiger partial charge in [0.05, 0.1) is 17.8 Å². The molecule has 3 aliphatic carbocycles. The number of rotatable bonds is 14. The van der Waals surface area contributed by atoms with Gasteiger partial charge < -0.3 is 15.5 Å². The van der Waals surface area contributed by atoms with E-state index in [9.17, 15) is 24.6 Å². The molecular formula is C29H50NO5P. The second-order valence-electron chi connectivity index (χ2n) is 13.1. The number of nitrogens with one attached hydrogen (secondary N) is 1. The predicted molar refractivity (Wildman–Crippen MR) is 146 cm³/mol. The van der Waals surface area contributed by atoms with Crippen LogP contribution < -0.4 is 5.32 Å². The summed E-state index contributed by atoms with van der Waals surface area (Å²) in [5.74, 6) is -2.15. The van der Waals surface area contributed by atoms with Crippen LogP contribution in [0.3, 0.4) is 0 Å². The molecule has 0 aromatic carbocycles. The summed E-state index contributed by atoms with van der Waals surface area (Å²) in [7, 11) is 2.89. The number of carboxylic acid groups (broad SMARTS) is 2. The molecule has 3 rings (SSSR count). The first kappa shape index (κ1) is 29.4. The van der Waals surface area contributed by atoms with E-state index in [0.29, 0.717) is 24.3 Å². The molecule has 6 nitrogen and oxygen atoms in total. The maximum Gasteiger partial charge on any atom is 0.307 e. The molecule has 0 heterocycles. The molecule has 0 bridgehead atoms. The minimum atomic E-state index is -1.06. The lowest BCUT2D eigenvalue weighted by atomic mass is 9.53. The first-order valence-corrected chi connectivity index (χ1v) is 15.2. The first-order chi connectivity index (χ1) is 16.9. The molecule has 0 saturated heterocycles. The average molecular weight is 524 g/mol. The van der Waals surface area contributed by atoms with Gasteiger partial charge in [0.1, 0.15) is 0 Å². The van der Waals surface area contributed by atoms with Gasteiger partial charge in [0.25, 0.3) is 0 Å². The van der Waals surface area contributed by atoms with Crippen molar-refractivity contribution in [2.75, 3.05) is 12.7 Å². The topological polar surface area (TPSA) is 104 Å². The predicted octanol–water partition coefficient (Wildman–Crippen LogP) is 5.84. The van der Waals surface area contributed by atoms with E-state index in [-0.39, 0.29) is 29.6 Å². The molecule has 3 saturated carbocycles. The fourth-order valence-electron chi connectivity index (χ4n) is 7.38. The molecule has 3 fully saturated rings. The van der Waals surface area contributed by atoms with Crippen LogP contribution in [0.2, 0.25) is 0 Å². The molecule has 0 aromatic rings. The zero-order chi connectivity index (χ0) is 26.7. The Morgan fingerprint density at radius 2 is 1.61 bits per heavy atom. The van der Waals surface area contributed by atoms with E-state index in [1.54, 1.807) is 0 Å². The van der Waals surface area contributed by atoms with E-state index < -0.39 is 29.7 Å². The highest BCUT2D eigenvalue weighted by Gasteiger charge is 2.49. The van der Waals surface area contributed by atoms with Crippen molar-refractivity contribution in [2.45, 2.75) is 98.3 Å². The summed E-state index contributed by atoms with van der Waals surface area (Å²) in [4.78, 5) is 36.1. The van der Waals surface area contributed by atoms with Gasteiger partial charge in [0.2, 0.25) is 5.91 Å². The number of carbonyl (C=O) groups excluding carboxylic acids is 1. The summed E-state index contributed by atoms with van der Waals surface area (Å²) in [5, 5.41) is 22.0. The summed E-state index contributed by atoms with van der Waals surface area (Å²) in [6, 6.07) is 0. The molecule has 0 aliphatic heterocycles. The Balaban J connectivity index is 1.62. The second kappa shape index (κ2) is 12.1. The van der Waals surface area contributed by atoms with Crippen LogP contribution in [0, 0.1) is 52.3 Å². The van der Waals surface area contributed by atoms with E-state index >= 15 is 0 Å². The maximum absolute atomic E-state index is 13.0. The highest BCUT2D eigenvalue weighted by molar-refractivity contribution is 7.16. The van der Waals surface area contributed by atoms with Gasteiger partial charge in [-0.1, -0.05) is 59.8 Å². The molecule has 0 spiro atoms. The van der Waals surface area contributed by atoms with Crippen molar-refractivity contribution in [3.8, 4) is 0 Å². The molecule has 8 unspecified atom stereocenters. The van der Waals surface area contributed by atoms with E-state index in [4.69, 9.17) is 0 Å². The third kappa shape index (κ3) is 6.45. The largest absolute Gasteiger partial charge is 0.481 e. The zero-order valence-electron chi connectivity index (χ0n) is 22.9. The monoisotopic (exact) mass is 523 g/mol. The van der Waals surface area contributed by atoms with Crippen LogP contribution in [0.1, 0.15) is 98.3 Å². The van der Waals surface area contributed by atoms with Crippen LogP contribution >= 0.6 is 9.24 Å². The molecule has 0 radical (unpaired) electrons. The number of amides is 1. The van der Waals surface area contributed by atoms with Crippen LogP contribution in [0.15, 0.2) is 0 Å². The standard InChI is InChI=1S/C29H50NO5P/c1-5-29(4,28(2,3)11-12-36)16-20-13-21(22(20)10-9-18-7-6-8-18)17-30-25(31)23-14-19(26(32)33)15-24(23)27(34)35/h18-24H,5-17,36H2,1-4H3,(H,30,31)(H,32,33)(H,34,35). The second-order valence-corrected chi connectivity index (χ2v) is 13.7. The lowest BCUT2D eigenvalue weighted by Crippen LogP contribution is -2.48. The quantitative estimate of drug-likeness (QED) is 0.248. The van der Waals surface area contributed by atoms with Gasteiger partial charge in [-0.2, -0.15) is 0 Å². The molecular weight excluding hydrogens is 473 g/mol. The van der Waals surface area contributed by atoms with Gasteiger partial charge in [0, 0.05) is 6.54 Å². The first-order valence-electron chi connectivity index (χ1n) is 14.4. The summed E-state index contributed by atoms with van der Waals surface area (Å²) in [6.07, 6.45) is 12.6. The van der Waals surface area contributed by atoms with E-state index in [1.165, 1.54) is 51.4 Å². The molecule has 206 valence electrons. The lowest BCUT2D eigenvalue weighted by Gasteiger charge is -2.53. The van der Waals surface area contributed by atoms with Crippen LogP contribution in [0.25, 0.3) is 0 Å². The summed E-state index contributed by atoms with van der Waals surface area (Å²) in [5.41, 5.74) is 0.553. The van der Waals surface area contributed by atoms with Crippen molar-refractivity contribution in [3.63, 3.8) is 0 Å². The van der Waals surface area contributed by atoms with Crippen molar-refractivity contribution in [3.05, 3.63) is 0 Å². The van der Waals surface area contributed by atoms with Crippen molar-refractivity contribution in [1.82, 2.24) is 5.32 Å². The van der Waals surface area contributed by atoms with Gasteiger partial charge >= 0.3 is 11.9 Å². The highest BCUT2D eigenvalue weighted by Crippen LogP contribution is 2.56. The van der Waals surface area contributed by atoms with E-state index in [0.717, 1.165) is 18.5 Å². The van der Waals surface area contributed by atoms with Gasteiger partial charge in [-0.05, 0) is 79.2 Å². The Bertz CT molecular complexity index is 797. The van der Waals surface area contributed by atoms with Crippen LogP contribution in [-0.2, 0) is 14.4 Å². The molecule has 1 amide bonds. The lowest BCUT2D eigenvalue weighted by molar-refractivity contribution is -0.146. The fourth-order valence-corrected chi connectivity index (χ4v) is 8.11. The van der Waals surface area contributed by atoms with Crippen LogP contribution in [0.5, 0.6) is 0 Å². The summed E-state index contributed by atoms with van der Waals surface area (Å²) in [6.45, 7) is 10.2. The molecule has 7 heteroatoms. The van der Waals surface area contributed by atoms with Crippen molar-refractivity contribution >= 4 is 27.1 Å². The van der Waals surface area contributed by atoms with Crippen molar-refractivity contribution < 1.29 is 24.6 Å². The van der Waals surface area contributed by atoms with Gasteiger partial charge in [-0.25, -0.2) is 0 Å². The van der Waals surface area contributed by atoms with Crippen LogP contribution in [-0.4, -0.2) is 40.8 Å². The number of carbonyl (C=O) groups is 3. The van der Waals surface area contributed by atoms with Crippen molar-refractivity contribution in [2.24, 2.45) is 52.3 Å². The molecule has 8 atom stereocenters. The third-order valence-corrected chi connectivity index (χ3v) is 11.2. The van der Waals surface area contributed by atoms with Crippen molar-refractivity contribution in [1.29, 1.82) is 0 Å². The minimum absolute atomic E-state index is 0.0416. The fraction of sp³-hybridized carbons (Fsp3) is 0.897. The Morgan fingerprint density at radius 1 is 0.944 bits per heavy atom. The smallest absolute Gasteiger partial charge is 0.307 e. The van der Waals surface area contributed by atoms with Gasteiger partial charge in [-0.3, -0.25) is 14.4 Å². The number of hydrogen-bond acceptors (Lipinski definition) is 3. The molecule has 0 aromatic heterocycles. The van der Waals surface area contributed by atoms with E-state index in [2.05, 4.69) is 42.3 Å². The number of hydrogen-bond donors (Lipinski definition) is 3. The SMILES string of the molecule is CCC(C)(CC1CC(CNC(=O)C2CC(C(=O)O)CC2C(=O)O)C1CCC1CCC1)C(C)(C)CCP. The van der Waals surface area contributed by atoms with Gasteiger partial charge in [-0.15, -0.1) is 9.24 Å². The summed E-state index contributed by atoms with van der Waals surface area (Å²) >= 11 is 0. The Kier molecular flexibility index (Phi) is 9.91. The van der Waals surface area contributed by atoms with Crippen LogP contribution in [0.4, 0.5) is 0 Å². The van der Waals surface area contributed by atoms with E-state index in [1.807, 2.05) is 0 Å². The molecule has 3 aliphatic rings. The Labute approximate surface area is 220 Å². The highest BCUT2D eigenvalue weighted by atomic mass is 31.0. The Hall–Kier alpha value is -1.16. The third-order valence-electron chi connectivity index (χ3n) is 11.0. The maximum atomic E-state index is 13.0. The average Bonchev–Trinajstić information content (AvgIpc) is 3.23. The number of aliphatic carboxylic acids is 2. The molecule has 3 N–H and O–H groups in total. The van der Waals surface area contributed by atoms with Gasteiger partial charge in [0.15, 0.2) is 0 Å². The zero-order valence-corrected chi connectivity index (χ0v) is 24.1. The molecule has 36 heavy (non-hydrogen) atoms. The minimum Gasteiger partial charge on any atom is -0.481 e. The Morgan fingerprint density at radius 3 is 2.14 bits per heavy atom. The summed E-state index contributed by atoms with van der Waals surface area (Å²) < 4.78 is 0.